The summed E-state index contributed by atoms with van der Waals surface area (Å²) in [6.45, 7) is 10.9. The first-order valence-corrected chi connectivity index (χ1v) is 12.6. The fraction of sp³-hybridized carbons (Fsp3) is 0.414. The van der Waals surface area contributed by atoms with Gasteiger partial charge in [0.2, 0.25) is 5.91 Å². The number of allylic oxidation sites excluding steroid dienone is 2. The average Bonchev–Trinajstić information content (AvgIpc) is 3.39. The van der Waals surface area contributed by atoms with Crippen molar-refractivity contribution in [1.82, 2.24) is 15.5 Å². The first-order valence-electron chi connectivity index (χ1n) is 12.6. The van der Waals surface area contributed by atoms with Gasteiger partial charge in [0.05, 0.1) is 6.04 Å². The Bertz CT molecular complexity index is 1070. The number of hydrogen-bond donors (Lipinski definition) is 4. The zero-order chi connectivity index (χ0) is 24.8. The zero-order valence-corrected chi connectivity index (χ0v) is 20.4. The number of nitrogens with zero attached hydrogens (tertiary/aromatic N) is 1. The molecule has 0 spiro atoms. The predicted molar refractivity (Wildman–Crippen MR) is 140 cm³/mol. The highest BCUT2D eigenvalue weighted by molar-refractivity contribution is 5.82. The number of phenolic OH excluding ortho intramolecular Hbond substituents is 2. The lowest BCUT2D eigenvalue weighted by molar-refractivity contribution is -0.123. The molecule has 1 amide bonds. The third-order valence-electron chi connectivity index (χ3n) is 7.06. The van der Waals surface area contributed by atoms with Crippen LogP contribution in [0.4, 0.5) is 0 Å². The Hall–Kier alpha value is -3.09. The SMILES string of the molecule is C=CCc1ccc(O)c(-c2cc(CC=C)cc(CN3CCC(NC(=O)[C@H]4CCCN4)CC3)c2O)c1. The number of benzene rings is 2. The Balaban J connectivity index is 1.49. The number of rotatable bonds is 9. The number of amides is 1. The van der Waals surface area contributed by atoms with Crippen molar-refractivity contribution >= 4 is 5.91 Å². The fourth-order valence-corrected chi connectivity index (χ4v) is 5.15. The molecule has 2 saturated heterocycles. The van der Waals surface area contributed by atoms with Crippen LogP contribution in [0.2, 0.25) is 0 Å². The molecule has 0 radical (unpaired) electrons. The molecule has 2 aromatic rings. The summed E-state index contributed by atoms with van der Waals surface area (Å²) in [5.41, 5.74) is 4.16. The molecule has 6 nitrogen and oxygen atoms in total. The Morgan fingerprint density at radius 3 is 2.43 bits per heavy atom. The topological polar surface area (TPSA) is 84.8 Å². The Labute approximate surface area is 208 Å². The van der Waals surface area contributed by atoms with Crippen LogP contribution in [-0.4, -0.2) is 52.7 Å². The number of carbonyl (C=O) groups is 1. The van der Waals surface area contributed by atoms with Crippen molar-refractivity contribution in [3.8, 4) is 22.6 Å². The summed E-state index contributed by atoms with van der Waals surface area (Å²) in [4.78, 5) is 14.8. The minimum Gasteiger partial charge on any atom is -0.507 e. The van der Waals surface area contributed by atoms with E-state index in [0.29, 0.717) is 30.5 Å². The molecule has 2 aliphatic heterocycles. The second-order valence-corrected chi connectivity index (χ2v) is 9.70. The quantitative estimate of drug-likeness (QED) is 0.411. The van der Waals surface area contributed by atoms with Crippen LogP contribution in [0.3, 0.4) is 0 Å². The third-order valence-corrected chi connectivity index (χ3v) is 7.06. The molecule has 2 aliphatic rings. The minimum atomic E-state index is -0.0441. The predicted octanol–water partition coefficient (Wildman–Crippen LogP) is 4.05. The minimum absolute atomic E-state index is 0.0441. The van der Waals surface area contributed by atoms with Gasteiger partial charge in [0.15, 0.2) is 0 Å². The molecule has 1 atom stereocenters. The zero-order valence-electron chi connectivity index (χ0n) is 20.4. The standard InChI is InChI=1S/C29H37N3O3/c1-3-6-20-9-10-27(33)24(17-20)25-18-21(7-4-2)16-22(28(25)34)19-32-14-11-23(12-15-32)31-29(35)26-8-5-13-30-26/h3-4,9-10,16-18,23,26,30,33-34H,1-2,5-8,11-15,19H2,(H,31,35)/t26-/m1/s1. The number of phenols is 2. The second kappa shape index (κ2) is 11.6. The van der Waals surface area contributed by atoms with Gasteiger partial charge in [-0.05, 0) is 74.4 Å². The smallest absolute Gasteiger partial charge is 0.237 e. The molecule has 0 saturated carbocycles. The molecule has 0 aromatic heterocycles. The normalized spacial score (nSPS) is 18.9. The van der Waals surface area contributed by atoms with Crippen molar-refractivity contribution in [2.24, 2.45) is 0 Å². The van der Waals surface area contributed by atoms with Crippen molar-refractivity contribution in [3.05, 3.63) is 72.3 Å². The number of nitrogens with one attached hydrogen (secondary N) is 2. The Morgan fingerprint density at radius 1 is 1.03 bits per heavy atom. The maximum Gasteiger partial charge on any atom is 0.237 e. The van der Waals surface area contributed by atoms with Gasteiger partial charge in [-0.15, -0.1) is 13.2 Å². The van der Waals surface area contributed by atoms with Crippen molar-refractivity contribution in [2.75, 3.05) is 19.6 Å². The molecule has 0 bridgehead atoms. The van der Waals surface area contributed by atoms with E-state index in [1.807, 2.05) is 36.4 Å². The largest absolute Gasteiger partial charge is 0.507 e. The van der Waals surface area contributed by atoms with Crippen LogP contribution < -0.4 is 10.6 Å². The van der Waals surface area contributed by atoms with Crippen LogP contribution in [0, 0.1) is 0 Å². The van der Waals surface area contributed by atoms with Gasteiger partial charge >= 0.3 is 0 Å². The van der Waals surface area contributed by atoms with Gasteiger partial charge in [-0.3, -0.25) is 9.69 Å². The number of piperidine rings is 1. The molecule has 2 fully saturated rings. The highest BCUT2D eigenvalue weighted by Crippen LogP contribution is 2.39. The highest BCUT2D eigenvalue weighted by atomic mass is 16.3. The molecular weight excluding hydrogens is 438 g/mol. The van der Waals surface area contributed by atoms with E-state index in [1.165, 1.54) is 0 Å². The molecule has 0 aliphatic carbocycles. The summed E-state index contributed by atoms with van der Waals surface area (Å²) < 4.78 is 0. The lowest BCUT2D eigenvalue weighted by Crippen LogP contribution is -2.49. The highest BCUT2D eigenvalue weighted by Gasteiger charge is 2.27. The first-order chi connectivity index (χ1) is 17.0. The Morgan fingerprint density at radius 2 is 1.74 bits per heavy atom. The van der Waals surface area contributed by atoms with Crippen LogP contribution in [0.5, 0.6) is 11.5 Å². The van der Waals surface area contributed by atoms with Crippen LogP contribution in [-0.2, 0) is 24.2 Å². The maximum atomic E-state index is 12.4. The maximum absolute atomic E-state index is 12.4. The van der Waals surface area contributed by atoms with Gasteiger partial charge in [-0.2, -0.15) is 0 Å². The van der Waals surface area contributed by atoms with Gasteiger partial charge in [0.1, 0.15) is 11.5 Å². The summed E-state index contributed by atoms with van der Waals surface area (Å²) in [6.07, 6.45) is 8.80. The van der Waals surface area contributed by atoms with Gasteiger partial charge in [-0.25, -0.2) is 0 Å². The third kappa shape index (κ3) is 6.13. The van der Waals surface area contributed by atoms with Gasteiger partial charge < -0.3 is 20.8 Å². The molecule has 2 aromatic carbocycles. The second-order valence-electron chi connectivity index (χ2n) is 9.70. The van der Waals surface area contributed by atoms with E-state index < -0.39 is 0 Å². The summed E-state index contributed by atoms with van der Waals surface area (Å²) in [5, 5.41) is 28.3. The Kier molecular flexibility index (Phi) is 8.26. The molecular formula is C29H37N3O3. The summed E-state index contributed by atoms with van der Waals surface area (Å²) in [5.74, 6) is 0.466. The van der Waals surface area contributed by atoms with Gasteiger partial charge in [0, 0.05) is 42.4 Å². The number of likely N-dealkylation sites (tertiary alicyclic amines) is 1. The first kappa shape index (κ1) is 25.0. The summed E-state index contributed by atoms with van der Waals surface area (Å²) >= 11 is 0. The monoisotopic (exact) mass is 475 g/mol. The molecule has 4 N–H and O–H groups in total. The molecule has 4 rings (SSSR count). The summed E-state index contributed by atoms with van der Waals surface area (Å²) in [7, 11) is 0. The number of hydrogen-bond acceptors (Lipinski definition) is 5. The van der Waals surface area contributed by atoms with Crippen molar-refractivity contribution in [1.29, 1.82) is 0 Å². The van der Waals surface area contributed by atoms with Crippen LogP contribution in [0.1, 0.15) is 42.4 Å². The van der Waals surface area contributed by atoms with Crippen LogP contribution in [0.25, 0.3) is 11.1 Å². The molecule has 0 unspecified atom stereocenters. The number of carbonyl (C=O) groups excluding carboxylic acids is 1. The van der Waals surface area contributed by atoms with Gasteiger partial charge in [0.25, 0.3) is 0 Å². The van der Waals surface area contributed by atoms with Crippen molar-refractivity contribution < 1.29 is 15.0 Å². The van der Waals surface area contributed by atoms with Crippen LogP contribution in [0.15, 0.2) is 55.6 Å². The van der Waals surface area contributed by atoms with E-state index in [4.69, 9.17) is 0 Å². The van der Waals surface area contributed by atoms with Crippen molar-refractivity contribution in [2.45, 2.75) is 57.2 Å². The average molecular weight is 476 g/mol. The van der Waals surface area contributed by atoms with E-state index >= 15 is 0 Å². The molecule has 35 heavy (non-hydrogen) atoms. The van der Waals surface area contributed by atoms with E-state index in [2.05, 4.69) is 28.7 Å². The summed E-state index contributed by atoms with van der Waals surface area (Å²) in [6, 6.07) is 9.59. The molecule has 186 valence electrons. The number of aromatic hydroxyl groups is 2. The van der Waals surface area contributed by atoms with E-state index in [9.17, 15) is 15.0 Å². The molecule has 6 heteroatoms. The van der Waals surface area contributed by atoms with E-state index in [0.717, 1.165) is 62.0 Å². The molecule has 2 heterocycles. The van der Waals surface area contributed by atoms with E-state index in [-0.39, 0.29) is 29.5 Å². The van der Waals surface area contributed by atoms with Gasteiger partial charge in [-0.1, -0.05) is 24.3 Å². The van der Waals surface area contributed by atoms with Crippen LogP contribution >= 0.6 is 0 Å². The fourth-order valence-electron chi connectivity index (χ4n) is 5.15. The lowest BCUT2D eigenvalue weighted by atomic mass is 9.94. The van der Waals surface area contributed by atoms with E-state index in [1.54, 1.807) is 6.07 Å². The van der Waals surface area contributed by atoms with Crippen molar-refractivity contribution in [3.63, 3.8) is 0 Å². The lowest BCUT2D eigenvalue weighted by Gasteiger charge is -2.33.